The summed E-state index contributed by atoms with van der Waals surface area (Å²) in [7, 11) is 1.90. The molecule has 1 saturated heterocycles. The molecule has 1 fully saturated rings. The van der Waals surface area contributed by atoms with E-state index in [1.54, 1.807) is 0 Å². The number of rotatable bonds is 8. The van der Waals surface area contributed by atoms with Crippen molar-refractivity contribution in [2.45, 2.75) is 40.0 Å². The Morgan fingerprint density at radius 3 is 2.79 bits per heavy atom. The van der Waals surface area contributed by atoms with Crippen LogP contribution in [0.1, 0.15) is 38.3 Å². The van der Waals surface area contributed by atoms with E-state index in [0.29, 0.717) is 0 Å². The number of likely N-dealkylation sites (tertiary alicyclic amines) is 1. The van der Waals surface area contributed by atoms with Crippen molar-refractivity contribution in [1.29, 1.82) is 0 Å². The van der Waals surface area contributed by atoms with Gasteiger partial charge in [-0.3, -0.25) is 4.99 Å². The van der Waals surface area contributed by atoms with E-state index in [9.17, 15) is 0 Å². The number of aryl methyl sites for hydroxylation is 1. The number of guanidine groups is 1. The molecule has 0 aliphatic carbocycles. The molecule has 154 valence electrons. The Labute approximate surface area is 170 Å². The predicted octanol–water partition coefficient (Wildman–Crippen LogP) is 3.51. The third kappa shape index (κ3) is 4.69. The fraction of sp³-hybridized carbons (Fsp3) is 0.609. The molecule has 0 amide bonds. The number of hydrogen-bond acceptors (Lipinski definition) is 2. The third-order valence-electron chi connectivity index (χ3n) is 6.15. The topological polar surface area (TPSA) is 46.7 Å². The van der Waals surface area contributed by atoms with Crippen LogP contribution in [-0.4, -0.2) is 67.1 Å². The predicted molar refractivity (Wildman–Crippen MR) is 120 cm³/mol. The number of benzene rings is 1. The summed E-state index contributed by atoms with van der Waals surface area (Å²) in [5, 5.41) is 4.95. The van der Waals surface area contributed by atoms with Gasteiger partial charge in [0.15, 0.2) is 5.96 Å². The minimum atomic E-state index is 0.750. The number of para-hydroxylation sites is 1. The summed E-state index contributed by atoms with van der Waals surface area (Å²) in [6.07, 6.45) is 5.50. The number of aromatic amines is 1. The van der Waals surface area contributed by atoms with E-state index in [1.807, 2.05) is 7.05 Å². The van der Waals surface area contributed by atoms with Gasteiger partial charge in [0.05, 0.1) is 0 Å². The van der Waals surface area contributed by atoms with Crippen molar-refractivity contribution in [3.05, 3.63) is 35.5 Å². The molecule has 1 aromatic heterocycles. The van der Waals surface area contributed by atoms with Crippen LogP contribution in [0.5, 0.6) is 0 Å². The van der Waals surface area contributed by atoms with Gasteiger partial charge < -0.3 is 20.1 Å². The third-order valence-corrected chi connectivity index (χ3v) is 6.15. The first-order chi connectivity index (χ1) is 13.7. The minimum Gasteiger partial charge on any atom is -0.361 e. The van der Waals surface area contributed by atoms with E-state index in [-0.39, 0.29) is 0 Å². The lowest BCUT2D eigenvalue weighted by molar-refractivity contribution is 0.255. The summed E-state index contributed by atoms with van der Waals surface area (Å²) in [6.45, 7) is 13.3. The molecule has 2 N–H and O–H groups in total. The summed E-state index contributed by atoms with van der Waals surface area (Å²) in [4.78, 5) is 13.0. The summed E-state index contributed by atoms with van der Waals surface area (Å²) >= 11 is 0. The summed E-state index contributed by atoms with van der Waals surface area (Å²) in [5.41, 5.74) is 4.07. The van der Waals surface area contributed by atoms with Crippen LogP contribution in [0.15, 0.2) is 29.4 Å². The highest BCUT2D eigenvalue weighted by Crippen LogP contribution is 2.22. The van der Waals surface area contributed by atoms with Gasteiger partial charge in [-0.2, -0.15) is 0 Å². The van der Waals surface area contributed by atoms with E-state index in [2.05, 4.69) is 70.3 Å². The number of fused-ring (bicyclic) bond motifs is 1. The number of aromatic nitrogens is 1. The van der Waals surface area contributed by atoms with Crippen molar-refractivity contribution < 1.29 is 0 Å². The quantitative estimate of drug-likeness (QED) is 0.542. The molecule has 1 aliphatic heterocycles. The molecule has 1 atom stereocenters. The first kappa shape index (κ1) is 20.7. The molecule has 5 heteroatoms. The monoisotopic (exact) mass is 383 g/mol. The summed E-state index contributed by atoms with van der Waals surface area (Å²) in [5.74, 6) is 1.80. The molecule has 0 saturated carbocycles. The van der Waals surface area contributed by atoms with Gasteiger partial charge in [0.25, 0.3) is 0 Å². The fourth-order valence-corrected chi connectivity index (χ4v) is 4.44. The first-order valence-electron chi connectivity index (χ1n) is 11.0. The number of H-pyrrole nitrogens is 1. The average Bonchev–Trinajstić information content (AvgIpc) is 3.36. The van der Waals surface area contributed by atoms with Crippen LogP contribution >= 0.6 is 0 Å². The molecule has 28 heavy (non-hydrogen) atoms. The van der Waals surface area contributed by atoms with Gasteiger partial charge in [-0.1, -0.05) is 39.0 Å². The first-order valence-corrected chi connectivity index (χ1v) is 11.0. The second kappa shape index (κ2) is 9.97. The maximum absolute atomic E-state index is 4.54. The van der Waals surface area contributed by atoms with E-state index in [0.717, 1.165) is 57.4 Å². The van der Waals surface area contributed by atoms with Crippen molar-refractivity contribution >= 4 is 16.9 Å². The van der Waals surface area contributed by atoms with Gasteiger partial charge in [0, 0.05) is 50.3 Å². The fourth-order valence-electron chi connectivity index (χ4n) is 4.44. The standard InChI is InChI=1S/C23H37N5/c1-5-19-9-8-10-21-20(15-26-22(19)21)11-13-25-23(24-4)28-14-12-18(17-28)16-27(6-2)7-3/h8-10,15,18,26H,5-7,11-14,16-17H2,1-4H3,(H,24,25). The van der Waals surface area contributed by atoms with E-state index in [4.69, 9.17) is 0 Å². The zero-order valence-electron chi connectivity index (χ0n) is 18.1. The number of nitrogens with zero attached hydrogens (tertiary/aromatic N) is 3. The molecule has 3 rings (SSSR count). The number of nitrogens with one attached hydrogen (secondary N) is 2. The van der Waals surface area contributed by atoms with E-state index < -0.39 is 0 Å². The smallest absolute Gasteiger partial charge is 0.193 e. The van der Waals surface area contributed by atoms with Crippen molar-refractivity contribution in [2.24, 2.45) is 10.9 Å². The largest absolute Gasteiger partial charge is 0.361 e. The molecule has 1 aliphatic rings. The van der Waals surface area contributed by atoms with Crippen LogP contribution in [0.4, 0.5) is 0 Å². The van der Waals surface area contributed by atoms with Crippen LogP contribution in [0.2, 0.25) is 0 Å². The maximum atomic E-state index is 4.54. The van der Waals surface area contributed by atoms with E-state index >= 15 is 0 Å². The highest BCUT2D eigenvalue weighted by molar-refractivity contribution is 5.86. The second-order valence-electron chi connectivity index (χ2n) is 7.82. The van der Waals surface area contributed by atoms with Crippen molar-refractivity contribution in [3.8, 4) is 0 Å². The van der Waals surface area contributed by atoms with Crippen LogP contribution in [0, 0.1) is 5.92 Å². The van der Waals surface area contributed by atoms with E-state index in [1.165, 1.54) is 35.0 Å². The van der Waals surface area contributed by atoms with Crippen LogP contribution in [0.3, 0.4) is 0 Å². The number of aliphatic imine (C=N–C) groups is 1. The normalized spacial score (nSPS) is 17.8. The molecule has 1 unspecified atom stereocenters. The highest BCUT2D eigenvalue weighted by atomic mass is 15.3. The van der Waals surface area contributed by atoms with Crippen molar-refractivity contribution in [2.75, 3.05) is 46.3 Å². The van der Waals surface area contributed by atoms with Gasteiger partial charge in [0.1, 0.15) is 0 Å². The van der Waals surface area contributed by atoms with Gasteiger partial charge in [-0.25, -0.2) is 0 Å². The lowest BCUT2D eigenvalue weighted by Crippen LogP contribution is -2.41. The average molecular weight is 384 g/mol. The number of hydrogen-bond donors (Lipinski definition) is 2. The summed E-state index contributed by atoms with van der Waals surface area (Å²) in [6, 6.07) is 6.61. The van der Waals surface area contributed by atoms with Crippen molar-refractivity contribution in [1.82, 2.24) is 20.1 Å². The minimum absolute atomic E-state index is 0.750. The van der Waals surface area contributed by atoms with Gasteiger partial charge in [0.2, 0.25) is 0 Å². The molecule has 0 radical (unpaired) electrons. The molecule has 2 heterocycles. The highest BCUT2D eigenvalue weighted by Gasteiger charge is 2.25. The zero-order chi connectivity index (χ0) is 19.9. The van der Waals surface area contributed by atoms with Gasteiger partial charge in [-0.05, 0) is 49.4 Å². The van der Waals surface area contributed by atoms with Crippen molar-refractivity contribution in [3.63, 3.8) is 0 Å². The second-order valence-corrected chi connectivity index (χ2v) is 7.82. The Bertz CT molecular complexity index is 774. The maximum Gasteiger partial charge on any atom is 0.193 e. The van der Waals surface area contributed by atoms with Gasteiger partial charge >= 0.3 is 0 Å². The molecule has 1 aromatic carbocycles. The Kier molecular flexibility index (Phi) is 7.37. The Morgan fingerprint density at radius 1 is 1.25 bits per heavy atom. The molecule has 0 bridgehead atoms. The Morgan fingerprint density at radius 2 is 2.07 bits per heavy atom. The van der Waals surface area contributed by atoms with Gasteiger partial charge in [-0.15, -0.1) is 0 Å². The zero-order valence-corrected chi connectivity index (χ0v) is 18.1. The lowest BCUT2D eigenvalue weighted by atomic mass is 10.1. The molecule has 0 spiro atoms. The molecular formula is C23H37N5. The van der Waals surface area contributed by atoms with Crippen LogP contribution in [0.25, 0.3) is 10.9 Å². The Balaban J connectivity index is 1.53. The van der Waals surface area contributed by atoms with Crippen LogP contribution in [-0.2, 0) is 12.8 Å². The lowest BCUT2D eigenvalue weighted by Gasteiger charge is -2.24. The molecular weight excluding hydrogens is 346 g/mol. The SMILES string of the molecule is CCc1cccc2c(CCNC(=NC)N3CCC(CN(CC)CC)C3)c[nH]c12. The summed E-state index contributed by atoms with van der Waals surface area (Å²) < 4.78 is 0. The van der Waals surface area contributed by atoms with Crippen LogP contribution < -0.4 is 5.32 Å². The molecule has 2 aromatic rings. The Hall–Kier alpha value is -2.01. The molecule has 5 nitrogen and oxygen atoms in total.